The van der Waals surface area contributed by atoms with Crippen LogP contribution in [-0.4, -0.2) is 19.5 Å². The molecule has 106 valence electrons. The van der Waals surface area contributed by atoms with E-state index >= 15 is 0 Å². The standard InChI is InChI=1S/C12H10FNO4S2/c1-7-10(13)4-8(12(15)16)5-11(7)20(17,18)14-9-2-3-19-6-9/h2-6,14H,1H3,(H,15,16). The molecular formula is C12H10FNO4S2. The number of hydrogen-bond acceptors (Lipinski definition) is 4. The highest BCUT2D eigenvalue weighted by Crippen LogP contribution is 2.24. The van der Waals surface area contributed by atoms with Crippen molar-refractivity contribution >= 4 is 33.0 Å². The van der Waals surface area contributed by atoms with Crippen molar-refractivity contribution in [2.24, 2.45) is 0 Å². The van der Waals surface area contributed by atoms with E-state index in [0.717, 1.165) is 12.1 Å². The van der Waals surface area contributed by atoms with Crippen LogP contribution in [0.1, 0.15) is 15.9 Å². The Morgan fingerprint density at radius 1 is 1.40 bits per heavy atom. The number of aromatic carboxylic acids is 1. The van der Waals surface area contributed by atoms with Crippen LogP contribution in [0.25, 0.3) is 0 Å². The molecule has 0 aliphatic carbocycles. The quantitative estimate of drug-likeness (QED) is 0.908. The summed E-state index contributed by atoms with van der Waals surface area (Å²) in [6, 6.07) is 3.28. The topological polar surface area (TPSA) is 83.5 Å². The third kappa shape index (κ3) is 2.81. The number of nitrogens with one attached hydrogen (secondary N) is 1. The molecule has 0 aliphatic heterocycles. The van der Waals surface area contributed by atoms with E-state index in [2.05, 4.69) is 4.72 Å². The van der Waals surface area contributed by atoms with Gasteiger partial charge >= 0.3 is 5.97 Å². The Bertz CT molecular complexity index is 754. The van der Waals surface area contributed by atoms with Gasteiger partial charge in [-0.25, -0.2) is 17.6 Å². The van der Waals surface area contributed by atoms with Crippen LogP contribution in [0.2, 0.25) is 0 Å². The van der Waals surface area contributed by atoms with E-state index in [4.69, 9.17) is 5.11 Å². The lowest BCUT2D eigenvalue weighted by molar-refractivity contribution is 0.0696. The minimum Gasteiger partial charge on any atom is -0.478 e. The summed E-state index contributed by atoms with van der Waals surface area (Å²) in [7, 11) is -4.04. The fourth-order valence-electron chi connectivity index (χ4n) is 1.59. The first kappa shape index (κ1) is 14.5. The van der Waals surface area contributed by atoms with Crippen LogP contribution < -0.4 is 4.72 Å². The lowest BCUT2D eigenvalue weighted by Gasteiger charge is -2.10. The van der Waals surface area contributed by atoms with Gasteiger partial charge in [0, 0.05) is 10.9 Å². The van der Waals surface area contributed by atoms with Crippen LogP contribution >= 0.6 is 11.3 Å². The minimum absolute atomic E-state index is 0.127. The molecule has 0 saturated carbocycles. The van der Waals surface area contributed by atoms with Gasteiger partial charge in [0.25, 0.3) is 10.0 Å². The Hall–Kier alpha value is -1.93. The lowest BCUT2D eigenvalue weighted by Crippen LogP contribution is -2.15. The maximum Gasteiger partial charge on any atom is 0.335 e. The van der Waals surface area contributed by atoms with Crippen LogP contribution in [-0.2, 0) is 10.0 Å². The second-order valence-electron chi connectivity index (χ2n) is 4.00. The van der Waals surface area contributed by atoms with Gasteiger partial charge in [0.2, 0.25) is 0 Å². The number of thiophene rings is 1. The van der Waals surface area contributed by atoms with Gasteiger partial charge in [0.1, 0.15) is 5.82 Å². The smallest absolute Gasteiger partial charge is 0.335 e. The summed E-state index contributed by atoms with van der Waals surface area (Å²) in [5.74, 6) is -2.27. The maximum absolute atomic E-state index is 13.7. The number of anilines is 1. The van der Waals surface area contributed by atoms with Crippen LogP contribution in [0.5, 0.6) is 0 Å². The van der Waals surface area contributed by atoms with Crippen molar-refractivity contribution in [2.75, 3.05) is 4.72 Å². The van der Waals surface area contributed by atoms with Gasteiger partial charge in [-0.1, -0.05) is 0 Å². The normalized spacial score (nSPS) is 11.3. The SMILES string of the molecule is Cc1c(F)cc(C(=O)O)cc1S(=O)(=O)Nc1ccsc1. The Labute approximate surface area is 118 Å². The number of carboxylic acid groups (broad SMARTS) is 1. The number of carboxylic acids is 1. The predicted molar refractivity (Wildman–Crippen MR) is 73.2 cm³/mol. The number of halogens is 1. The summed E-state index contributed by atoms with van der Waals surface area (Å²) in [5.41, 5.74) is -0.202. The molecule has 0 amide bonds. The first-order valence-electron chi connectivity index (χ1n) is 5.40. The van der Waals surface area contributed by atoms with Crippen molar-refractivity contribution in [1.82, 2.24) is 0 Å². The summed E-state index contributed by atoms with van der Waals surface area (Å²) < 4.78 is 40.3. The zero-order chi connectivity index (χ0) is 14.9. The van der Waals surface area contributed by atoms with E-state index in [1.807, 2.05) is 0 Å². The molecule has 20 heavy (non-hydrogen) atoms. The van der Waals surface area contributed by atoms with Crippen LogP contribution in [0.3, 0.4) is 0 Å². The molecule has 5 nitrogen and oxygen atoms in total. The molecule has 2 aromatic rings. The van der Waals surface area contributed by atoms with Gasteiger partial charge in [-0.15, -0.1) is 0 Å². The van der Waals surface area contributed by atoms with Gasteiger partial charge in [-0.2, -0.15) is 11.3 Å². The average molecular weight is 315 g/mol. The highest BCUT2D eigenvalue weighted by atomic mass is 32.2. The van der Waals surface area contributed by atoms with E-state index in [-0.39, 0.29) is 10.5 Å². The van der Waals surface area contributed by atoms with Crippen LogP contribution in [0.4, 0.5) is 10.1 Å². The van der Waals surface area contributed by atoms with E-state index in [0.29, 0.717) is 5.69 Å². The number of rotatable bonds is 4. The van der Waals surface area contributed by atoms with Crippen LogP contribution in [0.15, 0.2) is 33.9 Å². The lowest BCUT2D eigenvalue weighted by atomic mass is 10.1. The van der Waals surface area contributed by atoms with Gasteiger partial charge in [0.05, 0.1) is 16.1 Å². The maximum atomic E-state index is 13.7. The minimum atomic E-state index is -4.04. The van der Waals surface area contributed by atoms with Gasteiger partial charge in [-0.3, -0.25) is 4.72 Å². The highest BCUT2D eigenvalue weighted by molar-refractivity contribution is 7.92. The second kappa shape index (κ2) is 5.22. The Morgan fingerprint density at radius 2 is 2.10 bits per heavy atom. The molecule has 0 fully saturated rings. The predicted octanol–water partition coefficient (Wildman–Crippen LogP) is 2.69. The molecule has 1 aromatic heterocycles. The summed E-state index contributed by atoms with van der Waals surface area (Å²) in [4.78, 5) is 10.5. The molecular weight excluding hydrogens is 305 g/mol. The number of hydrogen-bond donors (Lipinski definition) is 2. The molecule has 0 aliphatic rings. The molecule has 2 rings (SSSR count). The average Bonchev–Trinajstić information content (AvgIpc) is 2.83. The molecule has 8 heteroatoms. The number of benzene rings is 1. The van der Waals surface area contributed by atoms with Crippen molar-refractivity contribution < 1.29 is 22.7 Å². The first-order valence-corrected chi connectivity index (χ1v) is 7.82. The molecule has 2 N–H and O–H groups in total. The van der Waals surface area contributed by atoms with E-state index in [1.54, 1.807) is 16.8 Å². The summed E-state index contributed by atoms with van der Waals surface area (Å²) in [6.45, 7) is 1.28. The van der Waals surface area contributed by atoms with E-state index in [1.165, 1.54) is 18.3 Å². The van der Waals surface area contributed by atoms with Crippen molar-refractivity contribution in [3.05, 3.63) is 45.9 Å². The fourth-order valence-corrected chi connectivity index (χ4v) is 3.58. The summed E-state index contributed by atoms with van der Waals surface area (Å²) in [6.07, 6.45) is 0. The highest BCUT2D eigenvalue weighted by Gasteiger charge is 2.22. The summed E-state index contributed by atoms with van der Waals surface area (Å²) in [5, 5.41) is 12.1. The largest absolute Gasteiger partial charge is 0.478 e. The fraction of sp³-hybridized carbons (Fsp3) is 0.0833. The van der Waals surface area contributed by atoms with Gasteiger partial charge in [0.15, 0.2) is 0 Å². The third-order valence-electron chi connectivity index (χ3n) is 2.61. The molecule has 1 heterocycles. The summed E-state index contributed by atoms with van der Waals surface area (Å²) >= 11 is 1.30. The molecule has 1 aromatic carbocycles. The zero-order valence-electron chi connectivity index (χ0n) is 10.3. The second-order valence-corrected chi connectivity index (χ2v) is 6.43. The van der Waals surface area contributed by atoms with Gasteiger partial charge in [-0.05, 0) is 30.5 Å². The molecule has 0 saturated heterocycles. The Kier molecular flexibility index (Phi) is 3.78. The van der Waals surface area contributed by atoms with Crippen molar-refractivity contribution in [1.29, 1.82) is 0 Å². The monoisotopic (exact) mass is 315 g/mol. The third-order valence-corrected chi connectivity index (χ3v) is 4.80. The molecule has 0 spiro atoms. The number of carbonyl (C=O) groups is 1. The molecule has 0 unspecified atom stereocenters. The van der Waals surface area contributed by atoms with E-state index < -0.39 is 27.4 Å². The van der Waals surface area contributed by atoms with Crippen LogP contribution in [0, 0.1) is 12.7 Å². The molecule has 0 atom stereocenters. The Balaban J connectivity index is 2.53. The molecule has 0 radical (unpaired) electrons. The molecule has 0 bridgehead atoms. The zero-order valence-corrected chi connectivity index (χ0v) is 11.9. The number of sulfonamides is 1. The van der Waals surface area contributed by atoms with Gasteiger partial charge < -0.3 is 5.11 Å². The van der Waals surface area contributed by atoms with E-state index in [9.17, 15) is 17.6 Å². The van der Waals surface area contributed by atoms with Crippen molar-refractivity contribution in [3.63, 3.8) is 0 Å². The van der Waals surface area contributed by atoms with Crippen molar-refractivity contribution in [3.8, 4) is 0 Å². The van der Waals surface area contributed by atoms with Crippen molar-refractivity contribution in [2.45, 2.75) is 11.8 Å². The Morgan fingerprint density at radius 3 is 2.65 bits per heavy atom. The first-order chi connectivity index (χ1) is 9.31.